The molecule has 6 nitrogen and oxygen atoms in total. The topological polar surface area (TPSA) is 63.0 Å². The maximum Gasteiger partial charge on any atom is 0.203 e. The van der Waals surface area contributed by atoms with Crippen LogP contribution < -0.4 is 18.9 Å². The SMILES string of the molecule is COc1cc(-c2cc3nccc(-c4c(F)cccc4OC)c3o2)cc(OC)c1OC. The first-order valence-corrected chi connectivity index (χ1v) is 9.13. The normalized spacial score (nSPS) is 10.8. The molecule has 2 heterocycles. The van der Waals surface area contributed by atoms with Gasteiger partial charge in [-0.15, -0.1) is 0 Å². The van der Waals surface area contributed by atoms with Gasteiger partial charge in [-0.3, -0.25) is 4.98 Å². The van der Waals surface area contributed by atoms with E-state index >= 15 is 0 Å². The predicted molar refractivity (Wildman–Crippen MR) is 111 cm³/mol. The van der Waals surface area contributed by atoms with Gasteiger partial charge >= 0.3 is 0 Å². The van der Waals surface area contributed by atoms with E-state index in [-0.39, 0.29) is 0 Å². The molecule has 7 heteroatoms. The van der Waals surface area contributed by atoms with Gasteiger partial charge in [-0.2, -0.15) is 0 Å². The summed E-state index contributed by atoms with van der Waals surface area (Å²) in [5.74, 6) is 2.00. The molecule has 4 aromatic rings. The van der Waals surface area contributed by atoms with Crippen molar-refractivity contribution in [2.75, 3.05) is 28.4 Å². The van der Waals surface area contributed by atoms with Crippen LogP contribution in [0.1, 0.15) is 0 Å². The van der Waals surface area contributed by atoms with Crippen molar-refractivity contribution in [3.05, 3.63) is 54.5 Å². The average Bonchev–Trinajstić information content (AvgIpc) is 3.22. The minimum Gasteiger partial charge on any atom is -0.496 e. The van der Waals surface area contributed by atoms with Gasteiger partial charge in [0, 0.05) is 23.4 Å². The van der Waals surface area contributed by atoms with Crippen LogP contribution in [-0.2, 0) is 0 Å². The number of pyridine rings is 1. The number of furan rings is 1. The highest BCUT2D eigenvalue weighted by Crippen LogP contribution is 2.43. The second kappa shape index (κ2) is 7.94. The first-order chi connectivity index (χ1) is 14.6. The van der Waals surface area contributed by atoms with Crippen LogP contribution in [0.5, 0.6) is 23.0 Å². The number of hydrogen-bond acceptors (Lipinski definition) is 6. The van der Waals surface area contributed by atoms with Crippen LogP contribution in [-0.4, -0.2) is 33.4 Å². The van der Waals surface area contributed by atoms with Gasteiger partial charge in [-0.05, 0) is 30.3 Å². The van der Waals surface area contributed by atoms with Crippen molar-refractivity contribution in [1.82, 2.24) is 4.98 Å². The molecule has 0 fully saturated rings. The van der Waals surface area contributed by atoms with E-state index in [1.807, 2.05) is 0 Å². The van der Waals surface area contributed by atoms with Crippen molar-refractivity contribution in [3.63, 3.8) is 0 Å². The molecule has 0 radical (unpaired) electrons. The standard InChI is InChI=1S/C23H20FNO5/c1-26-17-7-5-6-15(24)21(17)14-8-9-25-16-12-18(30-22(14)16)13-10-19(27-2)23(29-4)20(11-13)28-3/h5-12H,1-4H3. The fourth-order valence-electron chi connectivity index (χ4n) is 3.44. The minimum absolute atomic E-state index is 0.318. The Kier molecular flexibility index (Phi) is 5.18. The van der Waals surface area contributed by atoms with Crippen LogP contribution in [0, 0.1) is 5.82 Å². The Labute approximate surface area is 172 Å². The van der Waals surface area contributed by atoms with Crippen molar-refractivity contribution in [2.24, 2.45) is 0 Å². The number of ether oxygens (including phenoxy) is 4. The third-order valence-corrected chi connectivity index (χ3v) is 4.83. The van der Waals surface area contributed by atoms with Crippen LogP contribution >= 0.6 is 0 Å². The third-order valence-electron chi connectivity index (χ3n) is 4.83. The molecule has 0 aliphatic heterocycles. The highest BCUT2D eigenvalue weighted by atomic mass is 19.1. The van der Waals surface area contributed by atoms with Crippen LogP contribution in [0.3, 0.4) is 0 Å². The summed E-state index contributed by atoms with van der Waals surface area (Å²) in [6, 6.07) is 11.7. The van der Waals surface area contributed by atoms with Crippen molar-refractivity contribution < 1.29 is 27.8 Å². The maximum atomic E-state index is 14.7. The summed E-state index contributed by atoms with van der Waals surface area (Å²) >= 11 is 0. The summed E-state index contributed by atoms with van der Waals surface area (Å²) in [6.45, 7) is 0. The van der Waals surface area contributed by atoms with E-state index in [9.17, 15) is 4.39 Å². The number of aromatic nitrogens is 1. The number of fused-ring (bicyclic) bond motifs is 1. The second-order valence-corrected chi connectivity index (χ2v) is 6.41. The van der Waals surface area contributed by atoms with Gasteiger partial charge in [-0.25, -0.2) is 4.39 Å². The van der Waals surface area contributed by atoms with Crippen molar-refractivity contribution in [2.45, 2.75) is 0 Å². The van der Waals surface area contributed by atoms with Crippen molar-refractivity contribution in [3.8, 4) is 45.4 Å². The molecule has 0 saturated heterocycles. The van der Waals surface area contributed by atoms with Crippen molar-refractivity contribution in [1.29, 1.82) is 0 Å². The molecular weight excluding hydrogens is 389 g/mol. The number of hydrogen-bond donors (Lipinski definition) is 0. The number of rotatable bonds is 6. The molecule has 0 bridgehead atoms. The molecule has 0 spiro atoms. The molecular formula is C23H20FNO5. The van der Waals surface area contributed by atoms with Crippen LogP contribution in [0.15, 0.2) is 53.1 Å². The second-order valence-electron chi connectivity index (χ2n) is 6.41. The molecule has 2 aromatic carbocycles. The molecule has 0 aliphatic carbocycles. The number of methoxy groups -OCH3 is 4. The summed E-state index contributed by atoms with van der Waals surface area (Å²) in [5, 5.41) is 0. The van der Waals surface area contributed by atoms with Gasteiger partial charge < -0.3 is 23.4 Å². The van der Waals surface area contributed by atoms with E-state index in [2.05, 4.69) is 4.98 Å². The van der Waals surface area contributed by atoms with E-state index in [0.717, 1.165) is 0 Å². The lowest BCUT2D eigenvalue weighted by Crippen LogP contribution is -1.95. The smallest absolute Gasteiger partial charge is 0.203 e. The quantitative estimate of drug-likeness (QED) is 0.429. The van der Waals surface area contributed by atoms with E-state index < -0.39 is 5.82 Å². The van der Waals surface area contributed by atoms with Gasteiger partial charge in [-0.1, -0.05) is 6.07 Å². The lowest BCUT2D eigenvalue weighted by atomic mass is 10.0. The Hall–Kier alpha value is -3.74. The van der Waals surface area contributed by atoms with Crippen LogP contribution in [0.2, 0.25) is 0 Å². The first-order valence-electron chi connectivity index (χ1n) is 9.13. The fourth-order valence-corrected chi connectivity index (χ4v) is 3.44. The Morgan fingerprint density at radius 1 is 0.833 bits per heavy atom. The largest absolute Gasteiger partial charge is 0.496 e. The van der Waals surface area contributed by atoms with Gasteiger partial charge in [0.25, 0.3) is 0 Å². The van der Waals surface area contributed by atoms with Crippen LogP contribution in [0.25, 0.3) is 33.6 Å². The Morgan fingerprint density at radius 3 is 2.17 bits per heavy atom. The zero-order valence-electron chi connectivity index (χ0n) is 17.0. The van der Waals surface area contributed by atoms with Gasteiger partial charge in [0.1, 0.15) is 22.8 Å². The minimum atomic E-state index is -0.410. The number of benzene rings is 2. The van der Waals surface area contributed by atoms with E-state index in [1.54, 1.807) is 63.9 Å². The first kappa shape index (κ1) is 19.6. The molecule has 4 rings (SSSR count). The molecule has 0 unspecified atom stereocenters. The summed E-state index contributed by atoms with van der Waals surface area (Å²) in [5.41, 5.74) is 2.60. The summed E-state index contributed by atoms with van der Waals surface area (Å²) in [4.78, 5) is 4.37. The Morgan fingerprint density at radius 2 is 1.53 bits per heavy atom. The highest BCUT2D eigenvalue weighted by molar-refractivity contribution is 5.94. The monoisotopic (exact) mass is 409 g/mol. The Balaban J connectivity index is 1.92. The Bertz CT molecular complexity index is 1190. The molecule has 0 atom stereocenters. The third kappa shape index (κ3) is 3.18. The number of halogens is 1. The average molecular weight is 409 g/mol. The summed E-state index contributed by atoms with van der Waals surface area (Å²) < 4.78 is 42.4. The zero-order valence-corrected chi connectivity index (χ0v) is 17.0. The van der Waals surface area contributed by atoms with Crippen molar-refractivity contribution >= 4 is 11.1 Å². The van der Waals surface area contributed by atoms with Gasteiger partial charge in [0.15, 0.2) is 17.1 Å². The molecule has 0 amide bonds. The lowest BCUT2D eigenvalue weighted by Gasteiger charge is -2.13. The maximum absolute atomic E-state index is 14.7. The lowest BCUT2D eigenvalue weighted by molar-refractivity contribution is 0.324. The summed E-state index contributed by atoms with van der Waals surface area (Å²) in [7, 11) is 6.13. The number of nitrogens with zero attached hydrogens (tertiary/aromatic N) is 1. The van der Waals surface area contributed by atoms with E-state index in [0.29, 0.717) is 56.5 Å². The molecule has 0 aliphatic rings. The van der Waals surface area contributed by atoms with Crippen LogP contribution in [0.4, 0.5) is 4.39 Å². The fraction of sp³-hybridized carbons (Fsp3) is 0.174. The van der Waals surface area contributed by atoms with Gasteiger partial charge in [0.2, 0.25) is 5.75 Å². The molecule has 154 valence electrons. The van der Waals surface area contributed by atoms with E-state index in [4.69, 9.17) is 23.4 Å². The summed E-state index contributed by atoms with van der Waals surface area (Å²) in [6.07, 6.45) is 1.61. The molecule has 0 N–H and O–H groups in total. The van der Waals surface area contributed by atoms with Gasteiger partial charge in [0.05, 0.1) is 34.0 Å². The molecule has 2 aromatic heterocycles. The molecule has 30 heavy (non-hydrogen) atoms. The zero-order chi connectivity index (χ0) is 21.3. The predicted octanol–water partition coefficient (Wildman–Crippen LogP) is 5.34. The molecule has 0 saturated carbocycles. The highest BCUT2D eigenvalue weighted by Gasteiger charge is 2.20. The van der Waals surface area contributed by atoms with E-state index in [1.165, 1.54) is 13.2 Å².